The molecule has 0 fully saturated rings. The number of hydrogen-bond acceptors (Lipinski definition) is 2. The molecule has 0 spiro atoms. The number of rotatable bonds is 1. The van der Waals surface area contributed by atoms with E-state index in [1.807, 2.05) is 18.2 Å². The van der Waals surface area contributed by atoms with Crippen molar-refractivity contribution < 1.29 is 4.42 Å². The molecule has 0 saturated heterocycles. The normalized spacial score (nSPS) is 10.7. The molecular weight excluding hydrogens is 244 g/mol. The number of fused-ring (bicyclic) bond motifs is 1. The summed E-state index contributed by atoms with van der Waals surface area (Å²) in [5.41, 5.74) is 0.917. The zero-order chi connectivity index (χ0) is 10.1. The summed E-state index contributed by atoms with van der Waals surface area (Å²) >= 11 is 3.36. The molecule has 2 nitrogen and oxygen atoms in total. The Hall–Kier alpha value is -1.09. The molecule has 14 heavy (non-hydrogen) atoms. The molecule has 3 heteroatoms. The van der Waals surface area contributed by atoms with Crippen molar-refractivity contribution >= 4 is 26.9 Å². The second-order valence-electron chi connectivity index (χ2n) is 2.99. The smallest absolute Gasteiger partial charge is 0.339 e. The lowest BCUT2D eigenvalue weighted by Gasteiger charge is -1.99. The minimum absolute atomic E-state index is 0.296. The first kappa shape index (κ1) is 9.46. The lowest BCUT2D eigenvalue weighted by atomic mass is 10.1. The summed E-state index contributed by atoms with van der Waals surface area (Å²) < 4.78 is 6.09. The molecule has 0 amide bonds. The standard InChI is InChI=1S/C11H8BrO2/c1-2-7-5-8-6-9(12)3-4-10(8)14-11(7)13/h3-6H,1-2H2. The van der Waals surface area contributed by atoms with Gasteiger partial charge in [-0.25, -0.2) is 4.79 Å². The summed E-state index contributed by atoms with van der Waals surface area (Å²) in [5, 5.41) is 0.914. The van der Waals surface area contributed by atoms with Gasteiger partial charge in [-0.05, 0) is 37.6 Å². The Balaban J connectivity index is 2.80. The van der Waals surface area contributed by atoms with Gasteiger partial charge in [-0.3, -0.25) is 0 Å². The van der Waals surface area contributed by atoms with Gasteiger partial charge in [0.2, 0.25) is 0 Å². The van der Waals surface area contributed by atoms with Crippen molar-refractivity contribution in [2.75, 3.05) is 0 Å². The third kappa shape index (κ3) is 1.60. The highest BCUT2D eigenvalue weighted by Gasteiger charge is 2.03. The molecule has 71 valence electrons. The summed E-state index contributed by atoms with van der Waals surface area (Å²) in [7, 11) is 0. The van der Waals surface area contributed by atoms with E-state index in [1.165, 1.54) is 0 Å². The van der Waals surface area contributed by atoms with Crippen LogP contribution in [0.15, 0.2) is 37.9 Å². The molecule has 2 aromatic rings. The summed E-state index contributed by atoms with van der Waals surface area (Å²) in [5.74, 6) is 0. The van der Waals surface area contributed by atoms with Crippen molar-refractivity contribution in [2.45, 2.75) is 6.42 Å². The molecule has 0 aliphatic rings. The van der Waals surface area contributed by atoms with E-state index < -0.39 is 0 Å². The minimum atomic E-state index is -0.296. The Morgan fingerprint density at radius 2 is 2.14 bits per heavy atom. The average molecular weight is 252 g/mol. The zero-order valence-corrected chi connectivity index (χ0v) is 9.00. The van der Waals surface area contributed by atoms with E-state index in [9.17, 15) is 4.79 Å². The summed E-state index contributed by atoms with van der Waals surface area (Å²) in [6.07, 6.45) is 0.449. The van der Waals surface area contributed by atoms with Crippen LogP contribution in [0.2, 0.25) is 0 Å². The molecule has 0 aliphatic heterocycles. The molecule has 0 bridgehead atoms. The van der Waals surface area contributed by atoms with E-state index in [-0.39, 0.29) is 5.63 Å². The molecule has 0 aliphatic carbocycles. The molecule has 0 unspecified atom stereocenters. The third-order valence-corrected chi connectivity index (χ3v) is 2.53. The highest BCUT2D eigenvalue weighted by atomic mass is 79.9. The van der Waals surface area contributed by atoms with Gasteiger partial charge >= 0.3 is 5.63 Å². The molecule has 0 saturated carbocycles. The Bertz CT molecular complexity index is 528. The van der Waals surface area contributed by atoms with Crippen LogP contribution in [-0.4, -0.2) is 0 Å². The van der Waals surface area contributed by atoms with Gasteiger partial charge in [0.1, 0.15) is 5.58 Å². The van der Waals surface area contributed by atoms with Gasteiger partial charge in [0.15, 0.2) is 0 Å². The van der Waals surface area contributed by atoms with E-state index in [4.69, 9.17) is 4.42 Å². The van der Waals surface area contributed by atoms with Crippen LogP contribution >= 0.6 is 15.9 Å². The SMILES string of the molecule is [CH2]Cc1cc2cc(Br)ccc2oc1=O. The Morgan fingerprint density at radius 3 is 2.86 bits per heavy atom. The van der Waals surface area contributed by atoms with Crippen molar-refractivity contribution in [1.29, 1.82) is 0 Å². The van der Waals surface area contributed by atoms with Crippen LogP contribution in [0.5, 0.6) is 0 Å². The van der Waals surface area contributed by atoms with E-state index in [2.05, 4.69) is 22.9 Å². The second-order valence-corrected chi connectivity index (χ2v) is 3.91. The second kappa shape index (κ2) is 3.58. The largest absolute Gasteiger partial charge is 0.423 e. The Labute approximate surface area is 89.7 Å². The monoisotopic (exact) mass is 251 g/mol. The summed E-state index contributed by atoms with van der Waals surface area (Å²) in [6.45, 7) is 3.67. The third-order valence-electron chi connectivity index (χ3n) is 2.04. The van der Waals surface area contributed by atoms with Crippen LogP contribution < -0.4 is 5.63 Å². The minimum Gasteiger partial charge on any atom is -0.423 e. The van der Waals surface area contributed by atoms with E-state index in [0.717, 1.165) is 9.86 Å². The molecule has 0 N–H and O–H groups in total. The zero-order valence-electron chi connectivity index (χ0n) is 7.42. The van der Waals surface area contributed by atoms with Crippen LogP contribution in [0.1, 0.15) is 5.56 Å². The van der Waals surface area contributed by atoms with Crippen LogP contribution in [0, 0.1) is 6.92 Å². The molecule has 1 aromatic carbocycles. The van der Waals surface area contributed by atoms with Crippen molar-refractivity contribution in [3.63, 3.8) is 0 Å². The molecule has 1 radical (unpaired) electrons. The van der Waals surface area contributed by atoms with Gasteiger partial charge in [0, 0.05) is 15.4 Å². The number of benzene rings is 1. The maximum atomic E-state index is 11.3. The molecule has 1 heterocycles. The van der Waals surface area contributed by atoms with Crippen molar-refractivity contribution in [3.05, 3.63) is 51.6 Å². The van der Waals surface area contributed by atoms with Crippen molar-refractivity contribution in [1.82, 2.24) is 0 Å². The van der Waals surface area contributed by atoms with E-state index in [0.29, 0.717) is 17.6 Å². The highest BCUT2D eigenvalue weighted by Crippen LogP contribution is 2.19. The fraction of sp³-hybridized carbons (Fsp3) is 0.0909. The van der Waals surface area contributed by atoms with Crippen LogP contribution in [0.4, 0.5) is 0 Å². The number of hydrogen-bond donors (Lipinski definition) is 0. The quantitative estimate of drug-likeness (QED) is 0.730. The van der Waals surface area contributed by atoms with Crippen LogP contribution in [0.25, 0.3) is 11.0 Å². The predicted molar refractivity (Wildman–Crippen MR) is 59.2 cm³/mol. The Morgan fingerprint density at radius 1 is 1.36 bits per heavy atom. The fourth-order valence-corrected chi connectivity index (χ4v) is 1.69. The van der Waals surface area contributed by atoms with Gasteiger partial charge in [-0.15, -0.1) is 0 Å². The van der Waals surface area contributed by atoms with Gasteiger partial charge < -0.3 is 4.42 Å². The molecule has 0 atom stereocenters. The van der Waals surface area contributed by atoms with E-state index in [1.54, 1.807) is 6.07 Å². The topological polar surface area (TPSA) is 30.2 Å². The van der Waals surface area contributed by atoms with Crippen molar-refractivity contribution in [2.24, 2.45) is 0 Å². The predicted octanol–water partition coefficient (Wildman–Crippen LogP) is 2.93. The first-order chi connectivity index (χ1) is 6.70. The van der Waals surface area contributed by atoms with Gasteiger partial charge in [0.25, 0.3) is 0 Å². The van der Waals surface area contributed by atoms with Gasteiger partial charge in [-0.2, -0.15) is 0 Å². The molecular formula is C11H8BrO2. The molecule has 1 aromatic heterocycles. The first-order valence-corrected chi connectivity index (χ1v) is 5.01. The van der Waals surface area contributed by atoms with Crippen LogP contribution in [0.3, 0.4) is 0 Å². The van der Waals surface area contributed by atoms with Gasteiger partial charge in [0.05, 0.1) is 0 Å². The lowest BCUT2D eigenvalue weighted by Crippen LogP contribution is -2.05. The summed E-state index contributed by atoms with van der Waals surface area (Å²) in [6, 6.07) is 7.35. The number of halogens is 1. The molecule has 2 rings (SSSR count). The van der Waals surface area contributed by atoms with Crippen molar-refractivity contribution in [3.8, 4) is 0 Å². The van der Waals surface area contributed by atoms with Crippen LogP contribution in [-0.2, 0) is 6.42 Å². The lowest BCUT2D eigenvalue weighted by molar-refractivity contribution is 0.553. The van der Waals surface area contributed by atoms with E-state index >= 15 is 0 Å². The highest BCUT2D eigenvalue weighted by molar-refractivity contribution is 9.10. The maximum Gasteiger partial charge on any atom is 0.339 e. The maximum absolute atomic E-state index is 11.3. The fourth-order valence-electron chi connectivity index (χ4n) is 1.31. The first-order valence-electron chi connectivity index (χ1n) is 4.22. The Kier molecular flexibility index (Phi) is 2.42. The summed E-state index contributed by atoms with van der Waals surface area (Å²) in [4.78, 5) is 11.3. The van der Waals surface area contributed by atoms with Gasteiger partial charge in [-0.1, -0.05) is 15.9 Å². The average Bonchev–Trinajstić information content (AvgIpc) is 2.17.